The zero-order valence-corrected chi connectivity index (χ0v) is 27.2. The molecule has 0 radical (unpaired) electrons. The van der Waals surface area contributed by atoms with E-state index in [2.05, 4.69) is 86.8 Å². The van der Waals surface area contributed by atoms with E-state index in [0.717, 1.165) is 70.6 Å². The molecule has 0 heterocycles. The molecule has 42 heavy (non-hydrogen) atoms. The van der Waals surface area contributed by atoms with Crippen molar-refractivity contribution in [2.45, 2.75) is 142 Å². The topological polar surface area (TPSA) is 55.8 Å². The smallest absolute Gasteiger partial charge is 0.306 e. The molecule has 4 nitrogen and oxygen atoms in total. The molecule has 1 atom stereocenters. The van der Waals surface area contributed by atoms with E-state index in [1.807, 2.05) is 0 Å². The molecule has 0 rings (SSSR count). The number of carbonyl (C=O) groups excluding carboxylic acids is 1. The Balaban J connectivity index is 3.59. The molecule has 0 amide bonds. The zero-order chi connectivity index (χ0) is 30.6. The molecule has 1 unspecified atom stereocenters. The standard InChI is InChI=1S/C38H64O4/c1-3-5-7-9-11-13-15-16-17-18-19-20-21-22-23-25-27-29-31-33-38(40)42-37(35-39)36-41-34-32-30-28-26-24-14-12-10-8-6-4-2/h5,7-8,10-11,13,16-17,19-20,22-23,37,39H,3-4,6,9,12,14-15,18,21,24-36H2,1-2H3/b7-5-,10-8-,13-11-,17-16-,20-19-,23-22-. The number of allylic oxidation sites excluding steroid dienone is 12. The van der Waals surface area contributed by atoms with Crippen LogP contribution in [-0.2, 0) is 14.3 Å². The van der Waals surface area contributed by atoms with Gasteiger partial charge in [0.2, 0.25) is 0 Å². The third kappa shape index (κ3) is 32.3. The number of aliphatic hydroxyl groups is 1. The normalized spacial score (nSPS) is 13.3. The zero-order valence-electron chi connectivity index (χ0n) is 27.2. The molecule has 0 aliphatic rings. The number of hydrogen-bond donors (Lipinski definition) is 1. The number of ether oxygens (including phenoxy) is 2. The fourth-order valence-corrected chi connectivity index (χ4v) is 4.24. The molecule has 0 aliphatic carbocycles. The van der Waals surface area contributed by atoms with E-state index in [1.54, 1.807) is 0 Å². The van der Waals surface area contributed by atoms with Crippen LogP contribution in [0.25, 0.3) is 0 Å². The van der Waals surface area contributed by atoms with Gasteiger partial charge in [-0.1, -0.05) is 125 Å². The minimum Gasteiger partial charge on any atom is -0.457 e. The highest BCUT2D eigenvalue weighted by Crippen LogP contribution is 2.09. The summed E-state index contributed by atoms with van der Waals surface area (Å²) < 4.78 is 11.0. The van der Waals surface area contributed by atoms with E-state index in [1.165, 1.54) is 44.9 Å². The molecular formula is C38H64O4. The van der Waals surface area contributed by atoms with Crippen LogP contribution in [0.15, 0.2) is 72.9 Å². The molecule has 0 aliphatic heterocycles. The maximum Gasteiger partial charge on any atom is 0.306 e. The molecule has 0 aromatic heterocycles. The van der Waals surface area contributed by atoms with Crippen LogP contribution in [0.5, 0.6) is 0 Å². The van der Waals surface area contributed by atoms with Crippen molar-refractivity contribution in [3.63, 3.8) is 0 Å². The minimum absolute atomic E-state index is 0.192. The van der Waals surface area contributed by atoms with Crippen LogP contribution in [-0.4, -0.2) is 37.0 Å². The fraction of sp³-hybridized carbons (Fsp3) is 0.658. The summed E-state index contributed by atoms with van der Waals surface area (Å²) in [5.41, 5.74) is 0. The third-order valence-electron chi connectivity index (χ3n) is 6.75. The SMILES string of the molecule is CC/C=C\C/C=C\C/C=C\C/C=C\C/C=C\CCCCCC(=O)OC(CO)COCCCCCCCC/C=C\CCC. The van der Waals surface area contributed by atoms with Crippen LogP contribution in [0.3, 0.4) is 0 Å². The van der Waals surface area contributed by atoms with E-state index in [4.69, 9.17) is 9.47 Å². The lowest BCUT2D eigenvalue weighted by Gasteiger charge is -2.15. The molecule has 0 saturated heterocycles. The van der Waals surface area contributed by atoms with Gasteiger partial charge in [-0.25, -0.2) is 0 Å². The quantitative estimate of drug-likeness (QED) is 0.0518. The summed E-state index contributed by atoms with van der Waals surface area (Å²) in [6.45, 7) is 5.10. The number of aliphatic hydroxyl groups excluding tert-OH is 1. The van der Waals surface area contributed by atoms with Gasteiger partial charge in [0.05, 0.1) is 13.2 Å². The summed E-state index contributed by atoms with van der Waals surface area (Å²) in [5.74, 6) is -0.239. The Morgan fingerprint density at radius 3 is 1.64 bits per heavy atom. The lowest BCUT2D eigenvalue weighted by atomic mass is 10.1. The Morgan fingerprint density at radius 1 is 0.595 bits per heavy atom. The molecule has 4 heteroatoms. The molecule has 0 aromatic carbocycles. The molecule has 0 bridgehead atoms. The first-order valence-electron chi connectivity index (χ1n) is 17.0. The molecule has 0 aromatic rings. The fourth-order valence-electron chi connectivity index (χ4n) is 4.24. The van der Waals surface area contributed by atoms with Crippen LogP contribution in [0.2, 0.25) is 0 Å². The summed E-state index contributed by atoms with van der Waals surface area (Å²) in [4.78, 5) is 12.1. The van der Waals surface area contributed by atoms with Gasteiger partial charge in [-0.2, -0.15) is 0 Å². The van der Waals surface area contributed by atoms with E-state index in [-0.39, 0.29) is 19.2 Å². The van der Waals surface area contributed by atoms with Crippen molar-refractivity contribution in [1.29, 1.82) is 0 Å². The Kier molecular flexibility index (Phi) is 33.2. The maximum atomic E-state index is 12.1. The molecule has 1 N–H and O–H groups in total. The van der Waals surface area contributed by atoms with Crippen LogP contribution in [0.4, 0.5) is 0 Å². The maximum absolute atomic E-state index is 12.1. The van der Waals surface area contributed by atoms with Gasteiger partial charge in [0.1, 0.15) is 6.10 Å². The molecule has 0 fully saturated rings. The van der Waals surface area contributed by atoms with Gasteiger partial charge < -0.3 is 14.6 Å². The molecule has 0 spiro atoms. The van der Waals surface area contributed by atoms with E-state index < -0.39 is 6.10 Å². The largest absolute Gasteiger partial charge is 0.457 e. The molecular weight excluding hydrogens is 520 g/mol. The average Bonchev–Trinajstić information content (AvgIpc) is 3.00. The molecule has 0 saturated carbocycles. The summed E-state index contributed by atoms with van der Waals surface area (Å²) in [6.07, 6.45) is 46.5. The predicted molar refractivity (Wildman–Crippen MR) is 182 cm³/mol. The monoisotopic (exact) mass is 584 g/mol. The summed E-state index contributed by atoms with van der Waals surface area (Å²) >= 11 is 0. The van der Waals surface area contributed by atoms with Gasteiger partial charge in [-0.3, -0.25) is 4.79 Å². The highest BCUT2D eigenvalue weighted by Gasteiger charge is 2.13. The van der Waals surface area contributed by atoms with Crippen molar-refractivity contribution >= 4 is 5.97 Å². The van der Waals surface area contributed by atoms with E-state index in [0.29, 0.717) is 13.0 Å². The van der Waals surface area contributed by atoms with Gasteiger partial charge in [-0.05, 0) is 77.0 Å². The highest BCUT2D eigenvalue weighted by atomic mass is 16.6. The van der Waals surface area contributed by atoms with Crippen molar-refractivity contribution in [3.05, 3.63) is 72.9 Å². The number of esters is 1. The lowest BCUT2D eigenvalue weighted by Crippen LogP contribution is -2.27. The summed E-state index contributed by atoms with van der Waals surface area (Å²) in [6, 6.07) is 0. The second-order valence-corrected chi connectivity index (χ2v) is 10.8. The van der Waals surface area contributed by atoms with Crippen molar-refractivity contribution in [2.24, 2.45) is 0 Å². The van der Waals surface area contributed by atoms with Crippen LogP contribution in [0, 0.1) is 0 Å². The van der Waals surface area contributed by atoms with Crippen LogP contribution in [0.1, 0.15) is 136 Å². The number of carbonyl (C=O) groups is 1. The van der Waals surface area contributed by atoms with Crippen molar-refractivity contribution in [1.82, 2.24) is 0 Å². The van der Waals surface area contributed by atoms with Gasteiger partial charge in [0, 0.05) is 13.0 Å². The van der Waals surface area contributed by atoms with Gasteiger partial charge in [0.15, 0.2) is 0 Å². The summed E-state index contributed by atoms with van der Waals surface area (Å²) in [7, 11) is 0. The first kappa shape index (κ1) is 39.8. The first-order valence-corrected chi connectivity index (χ1v) is 17.0. The van der Waals surface area contributed by atoms with Crippen molar-refractivity contribution in [3.8, 4) is 0 Å². The second-order valence-electron chi connectivity index (χ2n) is 10.8. The Morgan fingerprint density at radius 2 is 1.07 bits per heavy atom. The minimum atomic E-state index is -0.556. The van der Waals surface area contributed by atoms with Crippen LogP contribution >= 0.6 is 0 Å². The van der Waals surface area contributed by atoms with E-state index in [9.17, 15) is 9.90 Å². The van der Waals surface area contributed by atoms with Gasteiger partial charge in [-0.15, -0.1) is 0 Å². The third-order valence-corrected chi connectivity index (χ3v) is 6.75. The van der Waals surface area contributed by atoms with E-state index >= 15 is 0 Å². The highest BCUT2D eigenvalue weighted by molar-refractivity contribution is 5.69. The first-order chi connectivity index (χ1) is 20.7. The van der Waals surface area contributed by atoms with Gasteiger partial charge in [0.25, 0.3) is 0 Å². The Bertz CT molecular complexity index is 744. The number of rotatable bonds is 30. The van der Waals surface area contributed by atoms with Crippen LogP contribution < -0.4 is 0 Å². The number of hydrogen-bond acceptors (Lipinski definition) is 4. The predicted octanol–water partition coefficient (Wildman–Crippen LogP) is 10.7. The summed E-state index contributed by atoms with van der Waals surface area (Å²) in [5, 5.41) is 9.52. The molecule has 240 valence electrons. The van der Waals surface area contributed by atoms with Crippen molar-refractivity contribution < 1.29 is 19.4 Å². The van der Waals surface area contributed by atoms with Gasteiger partial charge >= 0.3 is 5.97 Å². The number of unbranched alkanes of at least 4 members (excludes halogenated alkanes) is 10. The average molecular weight is 585 g/mol. The Hall–Kier alpha value is -2.17. The second kappa shape index (κ2) is 35.0. The lowest BCUT2D eigenvalue weighted by molar-refractivity contribution is -0.154. The Labute approximate surface area is 259 Å². The van der Waals surface area contributed by atoms with Crippen molar-refractivity contribution in [2.75, 3.05) is 19.8 Å².